The first-order chi connectivity index (χ1) is 15.8. The summed E-state index contributed by atoms with van der Waals surface area (Å²) < 4.78 is 52.0. The molecular weight excluding hydrogens is 430 g/mol. The van der Waals surface area contributed by atoms with Crippen LogP contribution < -0.4 is 0 Å². The van der Waals surface area contributed by atoms with Gasteiger partial charge in [0.25, 0.3) is 5.91 Å². The van der Waals surface area contributed by atoms with Crippen molar-refractivity contribution in [1.29, 1.82) is 0 Å². The summed E-state index contributed by atoms with van der Waals surface area (Å²) in [6, 6.07) is 21.2. The van der Waals surface area contributed by atoms with Gasteiger partial charge in [0.15, 0.2) is 0 Å². The number of carbonyl (C=O) groups is 1. The lowest BCUT2D eigenvalue weighted by Gasteiger charge is -2.32. The van der Waals surface area contributed by atoms with E-state index in [4.69, 9.17) is 0 Å². The zero-order valence-electron chi connectivity index (χ0n) is 18.1. The second kappa shape index (κ2) is 9.77. The van der Waals surface area contributed by atoms with Gasteiger partial charge >= 0.3 is 6.18 Å². The lowest BCUT2D eigenvalue weighted by molar-refractivity contribution is -0.140. The van der Waals surface area contributed by atoms with E-state index in [0.717, 1.165) is 31.7 Å². The second-order valence-electron chi connectivity index (χ2n) is 8.53. The van der Waals surface area contributed by atoms with Gasteiger partial charge in [-0.1, -0.05) is 54.6 Å². The van der Waals surface area contributed by atoms with E-state index in [1.54, 1.807) is 4.90 Å². The summed E-state index contributed by atoms with van der Waals surface area (Å²) in [4.78, 5) is 14.2. The number of likely N-dealkylation sites (tertiary alicyclic amines) is 1. The maximum absolute atomic E-state index is 13.8. The van der Waals surface area contributed by atoms with Crippen molar-refractivity contribution in [2.75, 3.05) is 13.1 Å². The predicted octanol–water partition coefficient (Wildman–Crippen LogP) is 7.00. The number of rotatable bonds is 5. The van der Waals surface area contributed by atoms with Crippen LogP contribution in [0.25, 0.3) is 11.1 Å². The van der Waals surface area contributed by atoms with Crippen molar-refractivity contribution in [2.45, 2.75) is 31.9 Å². The largest absolute Gasteiger partial charge is 0.419 e. The van der Waals surface area contributed by atoms with Gasteiger partial charge in [0.2, 0.25) is 0 Å². The average Bonchev–Trinajstić information content (AvgIpc) is 2.82. The van der Waals surface area contributed by atoms with Crippen LogP contribution in [0.1, 0.15) is 40.7 Å². The zero-order valence-corrected chi connectivity index (χ0v) is 18.1. The Morgan fingerprint density at radius 2 is 1.52 bits per heavy atom. The Labute approximate surface area is 190 Å². The maximum atomic E-state index is 13.8. The van der Waals surface area contributed by atoms with E-state index >= 15 is 0 Å². The molecule has 3 aromatic carbocycles. The monoisotopic (exact) mass is 455 g/mol. The van der Waals surface area contributed by atoms with Crippen molar-refractivity contribution >= 4 is 5.91 Å². The lowest BCUT2D eigenvalue weighted by Crippen LogP contribution is -2.38. The van der Waals surface area contributed by atoms with Crippen LogP contribution in [0.4, 0.5) is 17.6 Å². The molecule has 1 saturated heterocycles. The molecule has 2 nitrogen and oxygen atoms in total. The molecule has 0 atom stereocenters. The smallest absolute Gasteiger partial charge is 0.339 e. The van der Waals surface area contributed by atoms with E-state index < -0.39 is 23.5 Å². The number of hydrogen-bond donors (Lipinski definition) is 0. The molecule has 6 heteroatoms. The second-order valence-corrected chi connectivity index (χ2v) is 8.53. The molecular formula is C27H25F4NO. The number of amides is 1. The molecule has 0 saturated carbocycles. The average molecular weight is 455 g/mol. The number of hydrogen-bond acceptors (Lipinski definition) is 1. The first kappa shape index (κ1) is 23.0. The van der Waals surface area contributed by atoms with Gasteiger partial charge in [-0.2, -0.15) is 13.2 Å². The van der Waals surface area contributed by atoms with E-state index in [1.165, 1.54) is 16.7 Å². The van der Waals surface area contributed by atoms with E-state index in [2.05, 4.69) is 36.4 Å². The van der Waals surface area contributed by atoms with Crippen molar-refractivity contribution in [2.24, 2.45) is 5.92 Å². The number of halogens is 4. The molecule has 4 rings (SSSR count). The van der Waals surface area contributed by atoms with E-state index in [9.17, 15) is 22.4 Å². The van der Waals surface area contributed by atoms with Crippen LogP contribution in [0, 0.1) is 11.7 Å². The highest BCUT2D eigenvalue weighted by atomic mass is 19.4. The van der Waals surface area contributed by atoms with Gasteiger partial charge in [0, 0.05) is 18.7 Å². The van der Waals surface area contributed by atoms with Crippen molar-refractivity contribution in [3.63, 3.8) is 0 Å². The summed E-state index contributed by atoms with van der Waals surface area (Å²) in [5.41, 5.74) is 2.25. The molecule has 172 valence electrons. The fraction of sp³-hybridized carbons (Fsp3) is 0.296. The van der Waals surface area contributed by atoms with Gasteiger partial charge in [-0.15, -0.1) is 0 Å². The normalized spacial score (nSPS) is 15.0. The molecule has 1 aliphatic heterocycles. The Morgan fingerprint density at radius 3 is 2.12 bits per heavy atom. The summed E-state index contributed by atoms with van der Waals surface area (Å²) >= 11 is 0. The van der Waals surface area contributed by atoms with Gasteiger partial charge < -0.3 is 4.90 Å². The highest BCUT2D eigenvalue weighted by Gasteiger charge is 2.34. The topological polar surface area (TPSA) is 20.3 Å². The van der Waals surface area contributed by atoms with Gasteiger partial charge in [-0.3, -0.25) is 4.79 Å². The standard InChI is InChI=1S/C27H25F4NO/c28-25-18-23(12-13-24(25)27(29,30)31)26(33)32-16-14-20(15-17-32)7-6-19-8-10-22(11-9-19)21-4-2-1-3-5-21/h1-5,8-13,18,20H,6-7,14-17H2. The number of carbonyl (C=O) groups excluding carboxylic acids is 1. The van der Waals surface area contributed by atoms with Crippen LogP contribution in [-0.2, 0) is 12.6 Å². The van der Waals surface area contributed by atoms with Crippen LogP contribution in [0.15, 0.2) is 72.8 Å². The molecule has 1 fully saturated rings. The van der Waals surface area contributed by atoms with Crippen molar-refractivity contribution in [3.8, 4) is 11.1 Å². The Hall–Kier alpha value is -3.15. The van der Waals surface area contributed by atoms with Crippen molar-refractivity contribution in [1.82, 2.24) is 4.90 Å². The SMILES string of the molecule is O=C(c1ccc(C(F)(F)F)c(F)c1)N1CCC(CCc2ccc(-c3ccccc3)cc2)CC1. The highest BCUT2D eigenvalue weighted by molar-refractivity contribution is 5.94. The van der Waals surface area contributed by atoms with Crippen LogP contribution >= 0.6 is 0 Å². The fourth-order valence-electron chi connectivity index (χ4n) is 4.35. The minimum Gasteiger partial charge on any atom is -0.339 e. The molecule has 1 amide bonds. The van der Waals surface area contributed by atoms with Crippen LogP contribution in [0.3, 0.4) is 0 Å². The van der Waals surface area contributed by atoms with Crippen LogP contribution in [0.2, 0.25) is 0 Å². The minimum absolute atomic E-state index is 0.0440. The van der Waals surface area contributed by atoms with Crippen molar-refractivity contribution in [3.05, 3.63) is 95.3 Å². The van der Waals surface area contributed by atoms with Gasteiger partial charge in [-0.25, -0.2) is 4.39 Å². The summed E-state index contributed by atoms with van der Waals surface area (Å²) in [7, 11) is 0. The molecule has 0 N–H and O–H groups in total. The molecule has 33 heavy (non-hydrogen) atoms. The van der Waals surface area contributed by atoms with E-state index in [0.29, 0.717) is 31.1 Å². The molecule has 0 aromatic heterocycles. The third-order valence-electron chi connectivity index (χ3n) is 6.33. The number of nitrogens with zero attached hydrogens (tertiary/aromatic N) is 1. The molecule has 0 bridgehead atoms. The summed E-state index contributed by atoms with van der Waals surface area (Å²) in [5, 5.41) is 0. The quantitative estimate of drug-likeness (QED) is 0.380. The molecule has 0 radical (unpaired) electrons. The highest BCUT2D eigenvalue weighted by Crippen LogP contribution is 2.32. The first-order valence-electron chi connectivity index (χ1n) is 11.1. The zero-order chi connectivity index (χ0) is 23.4. The molecule has 0 unspecified atom stereocenters. The summed E-state index contributed by atoms with van der Waals surface area (Å²) in [6.45, 7) is 1.05. The lowest BCUT2D eigenvalue weighted by atomic mass is 9.90. The van der Waals surface area contributed by atoms with E-state index in [-0.39, 0.29) is 5.56 Å². The summed E-state index contributed by atoms with van der Waals surface area (Å²) in [6.07, 6.45) is -1.14. The number of benzene rings is 3. The van der Waals surface area contributed by atoms with E-state index in [1.807, 2.05) is 18.2 Å². The van der Waals surface area contributed by atoms with Gasteiger partial charge in [0.05, 0.1) is 5.56 Å². The van der Waals surface area contributed by atoms with Crippen LogP contribution in [0.5, 0.6) is 0 Å². The molecule has 3 aromatic rings. The Bertz CT molecular complexity index is 1090. The summed E-state index contributed by atoms with van der Waals surface area (Å²) in [5.74, 6) is -1.36. The first-order valence-corrected chi connectivity index (χ1v) is 11.1. The van der Waals surface area contributed by atoms with Gasteiger partial charge in [0.1, 0.15) is 5.82 Å². The van der Waals surface area contributed by atoms with Crippen LogP contribution in [-0.4, -0.2) is 23.9 Å². The Morgan fingerprint density at radius 1 is 0.879 bits per heavy atom. The third kappa shape index (κ3) is 5.62. The minimum atomic E-state index is -4.77. The van der Waals surface area contributed by atoms with Crippen molar-refractivity contribution < 1.29 is 22.4 Å². The molecule has 0 spiro atoms. The number of aryl methyl sites for hydroxylation is 1. The maximum Gasteiger partial charge on any atom is 0.419 e. The van der Waals surface area contributed by atoms with Gasteiger partial charge in [-0.05, 0) is 66.5 Å². The number of alkyl halides is 3. The molecule has 1 heterocycles. The number of piperidine rings is 1. The third-order valence-corrected chi connectivity index (χ3v) is 6.33. The fourth-order valence-corrected chi connectivity index (χ4v) is 4.35. The molecule has 1 aliphatic rings. The Balaban J connectivity index is 1.28. The predicted molar refractivity (Wildman–Crippen MR) is 120 cm³/mol. The molecule has 0 aliphatic carbocycles. The Kier molecular flexibility index (Phi) is 6.82.